The predicted octanol–water partition coefficient (Wildman–Crippen LogP) is 2.26. The van der Waals surface area contributed by atoms with E-state index >= 15 is 0 Å². The van der Waals surface area contributed by atoms with Gasteiger partial charge in [-0.05, 0) is 25.0 Å². The highest BCUT2D eigenvalue weighted by Gasteiger charge is 2.36. The largest absolute Gasteiger partial charge is 0.335 e. The van der Waals surface area contributed by atoms with Crippen LogP contribution in [0.1, 0.15) is 23.3 Å². The van der Waals surface area contributed by atoms with Crippen LogP contribution in [0.4, 0.5) is 0 Å². The fourth-order valence-electron chi connectivity index (χ4n) is 2.82. The summed E-state index contributed by atoms with van der Waals surface area (Å²) in [5.74, 6) is 0.218. The van der Waals surface area contributed by atoms with Crippen molar-refractivity contribution in [2.24, 2.45) is 0 Å². The summed E-state index contributed by atoms with van der Waals surface area (Å²) >= 11 is 0. The molecule has 4 rings (SSSR count). The standard InChI is InChI=1S/C14H14N2O/c17-14-13-9-10-3-1-2-4-12(10)16(13)8-7-15(14)11-5-6-11/h1-4,9,11H,5-8H2. The summed E-state index contributed by atoms with van der Waals surface area (Å²) in [5.41, 5.74) is 2.05. The van der Waals surface area contributed by atoms with Gasteiger partial charge in [-0.2, -0.15) is 0 Å². The van der Waals surface area contributed by atoms with E-state index in [1.54, 1.807) is 0 Å². The minimum atomic E-state index is 0.218. The Morgan fingerprint density at radius 3 is 2.76 bits per heavy atom. The lowest BCUT2D eigenvalue weighted by atomic mass is 10.2. The van der Waals surface area contributed by atoms with Crippen LogP contribution in [0.2, 0.25) is 0 Å². The van der Waals surface area contributed by atoms with Crippen molar-refractivity contribution in [2.75, 3.05) is 6.54 Å². The fraction of sp³-hybridized carbons (Fsp3) is 0.357. The van der Waals surface area contributed by atoms with Crippen molar-refractivity contribution in [2.45, 2.75) is 25.4 Å². The summed E-state index contributed by atoms with van der Waals surface area (Å²) in [7, 11) is 0. The van der Waals surface area contributed by atoms with Gasteiger partial charge in [-0.15, -0.1) is 0 Å². The van der Waals surface area contributed by atoms with Gasteiger partial charge < -0.3 is 9.47 Å². The number of hydrogen-bond acceptors (Lipinski definition) is 1. The molecule has 0 saturated heterocycles. The molecule has 2 aromatic rings. The Morgan fingerprint density at radius 1 is 1.12 bits per heavy atom. The molecular weight excluding hydrogens is 212 g/mol. The maximum absolute atomic E-state index is 12.4. The Morgan fingerprint density at radius 2 is 1.94 bits per heavy atom. The van der Waals surface area contributed by atoms with E-state index in [0.29, 0.717) is 6.04 Å². The Hall–Kier alpha value is -1.77. The van der Waals surface area contributed by atoms with Gasteiger partial charge in [0.1, 0.15) is 5.69 Å². The predicted molar refractivity (Wildman–Crippen MR) is 66.0 cm³/mol. The Balaban J connectivity index is 1.88. The number of para-hydroxylation sites is 1. The number of carbonyl (C=O) groups is 1. The second kappa shape index (κ2) is 3.13. The zero-order valence-electron chi connectivity index (χ0n) is 9.60. The number of aromatic nitrogens is 1. The van der Waals surface area contributed by atoms with Crippen molar-refractivity contribution in [3.63, 3.8) is 0 Å². The molecule has 17 heavy (non-hydrogen) atoms. The van der Waals surface area contributed by atoms with Gasteiger partial charge in [0.25, 0.3) is 5.91 Å². The van der Waals surface area contributed by atoms with Crippen molar-refractivity contribution < 1.29 is 4.79 Å². The number of nitrogens with zero attached hydrogens (tertiary/aromatic N) is 2. The molecule has 0 atom stereocenters. The molecule has 0 unspecified atom stereocenters. The number of rotatable bonds is 1. The van der Waals surface area contributed by atoms with Crippen LogP contribution in [0, 0.1) is 0 Å². The summed E-state index contributed by atoms with van der Waals surface area (Å²) < 4.78 is 2.16. The molecule has 1 saturated carbocycles. The van der Waals surface area contributed by atoms with Gasteiger partial charge in [0.2, 0.25) is 0 Å². The number of fused-ring (bicyclic) bond motifs is 3. The van der Waals surface area contributed by atoms with E-state index in [9.17, 15) is 4.79 Å². The smallest absolute Gasteiger partial charge is 0.270 e. The zero-order chi connectivity index (χ0) is 11.4. The topological polar surface area (TPSA) is 25.2 Å². The average Bonchev–Trinajstić information content (AvgIpc) is 3.11. The highest BCUT2D eigenvalue weighted by atomic mass is 16.2. The molecule has 3 heteroatoms. The Bertz CT molecular complexity index is 610. The van der Waals surface area contributed by atoms with E-state index in [1.807, 2.05) is 23.1 Å². The van der Waals surface area contributed by atoms with Crippen LogP contribution in [-0.4, -0.2) is 28.0 Å². The summed E-state index contributed by atoms with van der Waals surface area (Å²) in [6, 6.07) is 10.8. The van der Waals surface area contributed by atoms with Crippen LogP contribution in [0.15, 0.2) is 30.3 Å². The molecule has 1 aliphatic heterocycles. The van der Waals surface area contributed by atoms with Gasteiger partial charge >= 0.3 is 0 Å². The third-order valence-electron chi connectivity index (χ3n) is 3.84. The zero-order valence-corrected chi connectivity index (χ0v) is 9.60. The lowest BCUT2D eigenvalue weighted by Crippen LogP contribution is -2.41. The van der Waals surface area contributed by atoms with Crippen LogP contribution in [0.25, 0.3) is 10.9 Å². The van der Waals surface area contributed by atoms with Crippen LogP contribution in [0.5, 0.6) is 0 Å². The van der Waals surface area contributed by atoms with E-state index in [2.05, 4.69) is 16.7 Å². The number of amides is 1. The monoisotopic (exact) mass is 226 g/mol. The normalized spacial score (nSPS) is 19.8. The molecule has 0 bridgehead atoms. The Labute approximate surface area is 99.6 Å². The van der Waals surface area contributed by atoms with Crippen molar-refractivity contribution >= 4 is 16.8 Å². The molecule has 1 aromatic heterocycles. The van der Waals surface area contributed by atoms with Crippen LogP contribution in [0.3, 0.4) is 0 Å². The van der Waals surface area contributed by atoms with Gasteiger partial charge in [0.05, 0.1) is 0 Å². The minimum Gasteiger partial charge on any atom is -0.335 e. The summed E-state index contributed by atoms with van der Waals surface area (Å²) in [4.78, 5) is 14.4. The van der Waals surface area contributed by atoms with Gasteiger partial charge in [0, 0.05) is 30.0 Å². The summed E-state index contributed by atoms with van der Waals surface area (Å²) in [6.07, 6.45) is 2.37. The third kappa shape index (κ3) is 1.25. The van der Waals surface area contributed by atoms with Gasteiger partial charge in [0.15, 0.2) is 0 Å². The first-order valence-corrected chi connectivity index (χ1v) is 6.24. The first-order chi connectivity index (χ1) is 8.34. The van der Waals surface area contributed by atoms with Gasteiger partial charge in [-0.3, -0.25) is 4.79 Å². The van der Waals surface area contributed by atoms with E-state index in [0.717, 1.165) is 18.8 Å². The molecule has 2 heterocycles. The number of benzene rings is 1. The van der Waals surface area contributed by atoms with Crippen molar-refractivity contribution in [1.29, 1.82) is 0 Å². The molecule has 0 radical (unpaired) electrons. The van der Waals surface area contributed by atoms with E-state index < -0.39 is 0 Å². The van der Waals surface area contributed by atoms with Crippen molar-refractivity contribution in [3.8, 4) is 0 Å². The van der Waals surface area contributed by atoms with Crippen LogP contribution < -0.4 is 0 Å². The molecule has 1 amide bonds. The van der Waals surface area contributed by atoms with Gasteiger partial charge in [-0.25, -0.2) is 0 Å². The fourth-order valence-corrected chi connectivity index (χ4v) is 2.82. The van der Waals surface area contributed by atoms with Gasteiger partial charge in [-0.1, -0.05) is 18.2 Å². The molecule has 1 fully saturated rings. The SMILES string of the molecule is O=C1c2cc3ccccc3n2CCN1C1CC1. The Kier molecular flexibility index (Phi) is 1.71. The van der Waals surface area contributed by atoms with Crippen LogP contribution in [-0.2, 0) is 6.54 Å². The molecule has 0 N–H and O–H groups in total. The third-order valence-corrected chi connectivity index (χ3v) is 3.84. The second-order valence-electron chi connectivity index (χ2n) is 4.97. The molecule has 1 aromatic carbocycles. The maximum Gasteiger partial charge on any atom is 0.270 e. The van der Waals surface area contributed by atoms with E-state index in [4.69, 9.17) is 0 Å². The molecule has 0 spiro atoms. The number of hydrogen-bond donors (Lipinski definition) is 0. The maximum atomic E-state index is 12.4. The molecule has 2 aliphatic rings. The van der Waals surface area contributed by atoms with Crippen molar-refractivity contribution in [1.82, 2.24) is 9.47 Å². The quantitative estimate of drug-likeness (QED) is 0.732. The first-order valence-electron chi connectivity index (χ1n) is 6.24. The second-order valence-corrected chi connectivity index (χ2v) is 4.97. The molecular formula is C14H14N2O. The number of carbonyl (C=O) groups excluding carboxylic acids is 1. The van der Waals surface area contributed by atoms with E-state index in [-0.39, 0.29) is 5.91 Å². The average molecular weight is 226 g/mol. The summed E-state index contributed by atoms with van der Waals surface area (Å²) in [6.45, 7) is 1.81. The van der Waals surface area contributed by atoms with Crippen LogP contribution >= 0.6 is 0 Å². The molecule has 1 aliphatic carbocycles. The lowest BCUT2D eigenvalue weighted by molar-refractivity contribution is 0.0693. The van der Waals surface area contributed by atoms with Crippen molar-refractivity contribution in [3.05, 3.63) is 36.0 Å². The molecule has 3 nitrogen and oxygen atoms in total. The lowest BCUT2D eigenvalue weighted by Gasteiger charge is -2.28. The summed E-state index contributed by atoms with van der Waals surface area (Å²) in [5, 5.41) is 1.17. The highest BCUT2D eigenvalue weighted by molar-refractivity contribution is 5.99. The first kappa shape index (κ1) is 9.28. The highest BCUT2D eigenvalue weighted by Crippen LogP contribution is 2.32. The molecule has 86 valence electrons. The minimum absolute atomic E-state index is 0.218. The van der Waals surface area contributed by atoms with E-state index in [1.165, 1.54) is 23.7 Å².